The van der Waals surface area contributed by atoms with E-state index in [-0.39, 0.29) is 13.2 Å². The van der Waals surface area contributed by atoms with Crippen LogP contribution >= 0.6 is 27.0 Å². The van der Waals surface area contributed by atoms with Gasteiger partial charge in [0.25, 0.3) is 0 Å². The van der Waals surface area contributed by atoms with Gasteiger partial charge in [-0.1, -0.05) is 48.5 Å². The molecule has 0 aromatic heterocycles. The Hall–Kier alpha value is -1.19. The van der Waals surface area contributed by atoms with E-state index in [9.17, 15) is 26.7 Å². The van der Waals surface area contributed by atoms with Crippen molar-refractivity contribution in [3.8, 4) is 0 Å². The van der Waals surface area contributed by atoms with Crippen molar-refractivity contribution in [2.75, 3.05) is 13.2 Å². The van der Waals surface area contributed by atoms with E-state index in [1.54, 1.807) is 0 Å². The Labute approximate surface area is 193 Å². The molecule has 0 unspecified atom stereocenters. The molecule has 0 bridgehead atoms. The van der Waals surface area contributed by atoms with Crippen molar-refractivity contribution in [2.45, 2.75) is 36.7 Å². The zero-order valence-electron chi connectivity index (χ0n) is 17.8. The van der Waals surface area contributed by atoms with Gasteiger partial charge in [-0.3, -0.25) is 9.13 Å². The fourth-order valence-corrected chi connectivity index (χ4v) is 5.74. The van der Waals surface area contributed by atoms with Crippen LogP contribution in [0.3, 0.4) is 0 Å². The molecule has 0 fully saturated rings. The second kappa shape index (κ2) is 11.0. The molecular weight excluding hydrogens is 506 g/mol. The number of hydrogen-bond acceptors (Lipinski definition) is 5. The summed E-state index contributed by atoms with van der Waals surface area (Å²) < 4.78 is 89.9. The summed E-state index contributed by atoms with van der Waals surface area (Å²) >= 11 is 1.38. The molecule has 0 aliphatic heterocycles. The largest absolute Gasteiger partial charge is 0.404 e. The Bertz CT molecular complexity index is 1000. The minimum Gasteiger partial charge on any atom is -0.320 e. The maximum atomic E-state index is 14.8. The molecule has 0 atom stereocenters. The van der Waals surface area contributed by atoms with Gasteiger partial charge in [-0.15, -0.1) is 0 Å². The van der Waals surface area contributed by atoms with Crippen LogP contribution in [0.15, 0.2) is 48.5 Å². The third-order valence-corrected chi connectivity index (χ3v) is 8.65. The van der Waals surface area contributed by atoms with Crippen molar-refractivity contribution in [1.82, 2.24) is 0 Å². The van der Waals surface area contributed by atoms with Gasteiger partial charge in [0.2, 0.25) is 0 Å². The lowest BCUT2D eigenvalue weighted by molar-refractivity contribution is 0.0360. The molecule has 0 spiro atoms. The maximum Gasteiger partial charge on any atom is 0.404 e. The van der Waals surface area contributed by atoms with E-state index in [1.807, 2.05) is 0 Å². The normalized spacial score (nSPS) is 13.3. The first-order chi connectivity index (χ1) is 15.3. The number of thioether (sulfide) groups is 1. The van der Waals surface area contributed by atoms with E-state index in [0.29, 0.717) is 22.6 Å². The quantitative estimate of drug-likeness (QED) is 0.234. The van der Waals surface area contributed by atoms with Crippen molar-refractivity contribution in [3.05, 3.63) is 70.8 Å². The van der Waals surface area contributed by atoms with Crippen molar-refractivity contribution >= 4 is 27.0 Å². The number of halogens is 4. The maximum absolute atomic E-state index is 14.8. The SMILES string of the molecule is CCOP(=O)(OCC)C(F)(F)c1ccc(CSCc2ccc(C(F)(F)P(=O)(O)O)cc2)cc1. The lowest BCUT2D eigenvalue weighted by Gasteiger charge is -2.26. The van der Waals surface area contributed by atoms with Crippen LogP contribution in [0.4, 0.5) is 17.6 Å². The van der Waals surface area contributed by atoms with Crippen LogP contribution in [-0.4, -0.2) is 23.0 Å². The minimum atomic E-state index is -5.63. The molecule has 0 heterocycles. The summed E-state index contributed by atoms with van der Waals surface area (Å²) in [5.41, 5.74) is -8.02. The molecule has 2 rings (SSSR count). The summed E-state index contributed by atoms with van der Waals surface area (Å²) in [6.45, 7) is 2.50. The standard InChI is InChI=1S/C20H24F4O6P2S/c1-3-29-32(28,30-4-2)20(23,24)18-11-7-16(8-12-18)14-33-13-15-5-9-17(10-6-15)19(21,22)31(25,26)27/h5-12H,3-4,13-14H2,1-2H3,(H2,25,26,27). The molecule has 0 aliphatic carbocycles. The first kappa shape index (κ1) is 28.1. The molecule has 0 saturated heterocycles. The van der Waals surface area contributed by atoms with E-state index in [0.717, 1.165) is 24.3 Å². The van der Waals surface area contributed by atoms with Crippen molar-refractivity contribution in [1.29, 1.82) is 0 Å². The third-order valence-electron chi connectivity index (χ3n) is 4.45. The topological polar surface area (TPSA) is 93.1 Å². The Morgan fingerprint density at radius 3 is 1.45 bits per heavy atom. The second-order valence-electron chi connectivity index (χ2n) is 6.85. The Balaban J connectivity index is 2.01. The number of hydrogen-bond donors (Lipinski definition) is 2. The first-order valence-electron chi connectivity index (χ1n) is 9.75. The van der Waals surface area contributed by atoms with Gasteiger partial charge in [-0.25, -0.2) is 0 Å². The summed E-state index contributed by atoms with van der Waals surface area (Å²) in [4.78, 5) is 17.6. The molecular formula is C20H24F4O6P2S. The van der Waals surface area contributed by atoms with Crippen LogP contribution in [0.5, 0.6) is 0 Å². The fourth-order valence-electron chi connectivity index (χ4n) is 2.76. The van der Waals surface area contributed by atoms with Gasteiger partial charge in [-0.05, 0) is 25.0 Å². The minimum absolute atomic E-state index is 0.195. The lowest BCUT2D eigenvalue weighted by atomic mass is 10.1. The van der Waals surface area contributed by atoms with E-state index >= 15 is 0 Å². The number of alkyl halides is 4. The van der Waals surface area contributed by atoms with Gasteiger partial charge in [0.05, 0.1) is 13.2 Å². The highest BCUT2D eigenvalue weighted by Gasteiger charge is 2.54. The summed E-state index contributed by atoms with van der Waals surface area (Å²) in [5, 5.41) is 0. The van der Waals surface area contributed by atoms with E-state index in [2.05, 4.69) is 0 Å². The molecule has 184 valence electrons. The molecule has 0 saturated carbocycles. The average molecular weight is 530 g/mol. The molecule has 0 radical (unpaired) electrons. The summed E-state index contributed by atoms with van der Waals surface area (Å²) in [6, 6.07) is 9.83. The van der Waals surface area contributed by atoms with Gasteiger partial charge >= 0.3 is 26.5 Å². The van der Waals surface area contributed by atoms with Crippen LogP contribution in [0.1, 0.15) is 36.1 Å². The predicted molar refractivity (Wildman–Crippen MR) is 119 cm³/mol. The van der Waals surface area contributed by atoms with Gasteiger partial charge in [0, 0.05) is 22.6 Å². The molecule has 6 nitrogen and oxygen atoms in total. The van der Waals surface area contributed by atoms with Gasteiger partial charge in [-0.2, -0.15) is 29.3 Å². The average Bonchev–Trinajstić information content (AvgIpc) is 2.74. The molecule has 33 heavy (non-hydrogen) atoms. The lowest BCUT2D eigenvalue weighted by Crippen LogP contribution is -2.18. The highest BCUT2D eigenvalue weighted by molar-refractivity contribution is 7.97. The molecule has 2 N–H and O–H groups in total. The van der Waals surface area contributed by atoms with Gasteiger partial charge in [0.15, 0.2) is 0 Å². The zero-order valence-corrected chi connectivity index (χ0v) is 20.4. The zero-order chi connectivity index (χ0) is 24.9. The molecule has 2 aromatic carbocycles. The van der Waals surface area contributed by atoms with Crippen LogP contribution < -0.4 is 0 Å². The first-order valence-corrected chi connectivity index (χ1v) is 14.1. The Morgan fingerprint density at radius 2 is 1.12 bits per heavy atom. The fraction of sp³-hybridized carbons (Fsp3) is 0.400. The van der Waals surface area contributed by atoms with Crippen LogP contribution in [0, 0.1) is 0 Å². The third kappa shape index (κ3) is 6.48. The van der Waals surface area contributed by atoms with Crippen LogP contribution in [-0.2, 0) is 41.0 Å². The summed E-state index contributed by atoms with van der Waals surface area (Å²) in [5.74, 6) is 0.810. The van der Waals surface area contributed by atoms with Gasteiger partial charge < -0.3 is 18.8 Å². The molecule has 13 heteroatoms. The molecule has 0 amide bonds. The summed E-state index contributed by atoms with van der Waals surface area (Å²) in [6.07, 6.45) is 0. The van der Waals surface area contributed by atoms with Gasteiger partial charge in [0.1, 0.15) is 0 Å². The second-order valence-corrected chi connectivity index (χ2v) is 11.6. The highest BCUT2D eigenvalue weighted by Crippen LogP contribution is 2.66. The van der Waals surface area contributed by atoms with Crippen molar-refractivity contribution < 1.29 is 45.5 Å². The molecule has 2 aromatic rings. The van der Waals surface area contributed by atoms with E-state index in [1.165, 1.54) is 49.9 Å². The summed E-state index contributed by atoms with van der Waals surface area (Å²) in [7, 11) is -10.3. The van der Waals surface area contributed by atoms with Crippen LogP contribution in [0.2, 0.25) is 0 Å². The monoisotopic (exact) mass is 530 g/mol. The van der Waals surface area contributed by atoms with Crippen LogP contribution in [0.25, 0.3) is 0 Å². The Morgan fingerprint density at radius 1 is 0.758 bits per heavy atom. The predicted octanol–water partition coefficient (Wildman–Crippen LogP) is 6.66. The molecule has 0 aliphatic rings. The van der Waals surface area contributed by atoms with E-state index < -0.39 is 37.6 Å². The van der Waals surface area contributed by atoms with Crippen molar-refractivity contribution in [2.24, 2.45) is 0 Å². The smallest absolute Gasteiger partial charge is 0.320 e. The number of benzene rings is 2. The number of rotatable bonds is 12. The van der Waals surface area contributed by atoms with E-state index in [4.69, 9.17) is 18.8 Å². The highest BCUT2D eigenvalue weighted by atomic mass is 32.2. The van der Waals surface area contributed by atoms with Crippen molar-refractivity contribution in [3.63, 3.8) is 0 Å². The Kier molecular flexibility index (Phi) is 9.38.